The first kappa shape index (κ1) is 31.2. The van der Waals surface area contributed by atoms with Crippen molar-refractivity contribution in [3.8, 4) is 5.69 Å². The zero-order valence-electron chi connectivity index (χ0n) is 32.3. The fraction of sp³-hybridized carbons (Fsp3) is 0. The van der Waals surface area contributed by atoms with Gasteiger partial charge < -0.3 is 13.9 Å². The molecule has 0 amide bonds. The lowest BCUT2D eigenvalue weighted by Crippen LogP contribution is -2.60. The van der Waals surface area contributed by atoms with E-state index in [1.807, 2.05) is 0 Å². The molecule has 0 N–H and O–H groups in total. The standard InChI is InChI=1S/C56H31BN2O/c1-3-17-35-32(15-1)34-18-5-7-21-38(34)50-39(35)25-13-27-46(50)59-48-29-14-28-47-53(48)57(56-54(59)42-24-10-12-30-49(42)60-56)44-31-43-37-20-4-2-16-33(37)36-19-6-8-22-40(36)51(43)52-41-23-9-11-26-45(41)58(47)55(44)52/h1-31H. The summed E-state index contributed by atoms with van der Waals surface area (Å²) in [6, 6.07) is 69.7. The highest BCUT2D eigenvalue weighted by atomic mass is 16.3. The number of hydrogen-bond acceptors (Lipinski definition) is 2. The molecule has 0 saturated heterocycles. The average molecular weight is 759 g/mol. The predicted molar refractivity (Wildman–Crippen MR) is 255 cm³/mol. The summed E-state index contributed by atoms with van der Waals surface area (Å²) in [6.07, 6.45) is 0. The molecule has 15 rings (SSSR count). The lowest BCUT2D eigenvalue weighted by atomic mass is 9.35. The molecule has 0 unspecified atom stereocenters. The maximum Gasteiger partial charge on any atom is 0.297 e. The third kappa shape index (κ3) is 3.66. The first-order valence-corrected chi connectivity index (χ1v) is 20.9. The number of aromatic nitrogens is 1. The van der Waals surface area contributed by atoms with Gasteiger partial charge in [-0.3, -0.25) is 0 Å². The average Bonchev–Trinajstić information content (AvgIpc) is 3.87. The van der Waals surface area contributed by atoms with Crippen LogP contribution in [0.2, 0.25) is 0 Å². The second-order valence-electron chi connectivity index (χ2n) is 16.6. The van der Waals surface area contributed by atoms with Crippen LogP contribution in [0.4, 0.5) is 17.1 Å². The Hall–Kier alpha value is -7.82. The normalized spacial score (nSPS) is 13.3. The summed E-state index contributed by atoms with van der Waals surface area (Å²) in [5.41, 5.74) is 11.6. The molecule has 2 aliphatic heterocycles. The molecule has 11 aromatic carbocycles. The van der Waals surface area contributed by atoms with E-state index in [0.717, 1.165) is 28.0 Å². The molecular formula is C56H31BN2O. The Balaban J connectivity index is 1.16. The molecule has 3 nitrogen and oxygen atoms in total. The van der Waals surface area contributed by atoms with Crippen LogP contribution in [-0.2, 0) is 0 Å². The minimum atomic E-state index is -0.142. The lowest BCUT2D eigenvalue weighted by molar-refractivity contribution is 0.651. The maximum atomic E-state index is 7.30. The lowest BCUT2D eigenvalue weighted by Gasteiger charge is -2.38. The minimum Gasteiger partial charge on any atom is -0.468 e. The summed E-state index contributed by atoms with van der Waals surface area (Å²) in [4.78, 5) is 2.54. The molecule has 0 bridgehead atoms. The predicted octanol–water partition coefficient (Wildman–Crippen LogP) is 13.1. The highest BCUT2D eigenvalue weighted by molar-refractivity contribution is 7.00. The number of anilines is 3. The van der Waals surface area contributed by atoms with Gasteiger partial charge in [-0.15, -0.1) is 0 Å². The van der Waals surface area contributed by atoms with E-state index in [0.29, 0.717) is 0 Å². The Morgan fingerprint density at radius 1 is 0.367 bits per heavy atom. The number of fused-ring (bicyclic) bond motifs is 22. The van der Waals surface area contributed by atoms with Gasteiger partial charge in [0.05, 0.1) is 28.1 Å². The summed E-state index contributed by atoms with van der Waals surface area (Å²) in [6.45, 7) is -0.142. The monoisotopic (exact) mass is 758 g/mol. The largest absolute Gasteiger partial charge is 0.468 e. The van der Waals surface area contributed by atoms with E-state index in [9.17, 15) is 0 Å². The molecule has 4 heteroatoms. The molecule has 60 heavy (non-hydrogen) atoms. The Bertz CT molecular complexity index is 4050. The summed E-state index contributed by atoms with van der Waals surface area (Å²) in [5.74, 6) is 0. The quantitative estimate of drug-likeness (QED) is 0.123. The second-order valence-corrected chi connectivity index (χ2v) is 16.6. The fourth-order valence-corrected chi connectivity index (χ4v) is 11.7. The molecule has 2 aromatic heterocycles. The van der Waals surface area contributed by atoms with E-state index in [2.05, 4.69) is 198 Å². The van der Waals surface area contributed by atoms with Crippen LogP contribution in [0.1, 0.15) is 0 Å². The molecule has 0 saturated carbocycles. The van der Waals surface area contributed by atoms with E-state index in [-0.39, 0.29) is 6.71 Å². The summed E-state index contributed by atoms with van der Waals surface area (Å²) in [5, 5.41) is 19.0. The van der Waals surface area contributed by atoms with Gasteiger partial charge in [0, 0.05) is 38.3 Å². The molecule has 0 spiro atoms. The molecular weight excluding hydrogens is 727 g/mol. The Morgan fingerprint density at radius 2 is 0.850 bits per heavy atom. The van der Waals surface area contributed by atoms with Crippen molar-refractivity contribution in [2.75, 3.05) is 4.90 Å². The highest BCUT2D eigenvalue weighted by Gasteiger charge is 2.46. The van der Waals surface area contributed by atoms with Crippen molar-refractivity contribution in [2.45, 2.75) is 0 Å². The summed E-state index contributed by atoms with van der Waals surface area (Å²) < 4.78 is 9.87. The van der Waals surface area contributed by atoms with Gasteiger partial charge in [0.2, 0.25) is 0 Å². The van der Waals surface area contributed by atoms with E-state index in [1.54, 1.807) is 0 Å². The highest BCUT2D eigenvalue weighted by Crippen LogP contribution is 2.50. The number of furan rings is 1. The molecule has 0 radical (unpaired) electrons. The van der Waals surface area contributed by atoms with Crippen LogP contribution in [0, 0.1) is 0 Å². The van der Waals surface area contributed by atoms with Crippen molar-refractivity contribution >= 4 is 138 Å². The van der Waals surface area contributed by atoms with Gasteiger partial charge >= 0.3 is 0 Å². The smallest absolute Gasteiger partial charge is 0.297 e. The molecule has 0 atom stereocenters. The van der Waals surface area contributed by atoms with Crippen molar-refractivity contribution in [2.24, 2.45) is 0 Å². The topological polar surface area (TPSA) is 21.3 Å². The van der Waals surface area contributed by atoms with Crippen LogP contribution < -0.4 is 21.5 Å². The van der Waals surface area contributed by atoms with E-state index < -0.39 is 0 Å². The number of nitrogens with zero attached hydrogens (tertiary/aromatic N) is 2. The third-order valence-corrected chi connectivity index (χ3v) is 13.9. The molecule has 13 aromatic rings. The van der Waals surface area contributed by atoms with Gasteiger partial charge in [0.25, 0.3) is 6.71 Å². The van der Waals surface area contributed by atoms with Crippen molar-refractivity contribution in [3.05, 3.63) is 188 Å². The first-order chi connectivity index (χ1) is 29.8. The molecule has 274 valence electrons. The van der Waals surface area contributed by atoms with Crippen LogP contribution in [0.5, 0.6) is 0 Å². The van der Waals surface area contributed by atoms with Crippen molar-refractivity contribution in [3.63, 3.8) is 0 Å². The third-order valence-electron chi connectivity index (χ3n) is 13.9. The Morgan fingerprint density at radius 3 is 1.53 bits per heavy atom. The number of benzene rings is 11. The van der Waals surface area contributed by atoms with Gasteiger partial charge in [-0.1, -0.05) is 152 Å². The maximum absolute atomic E-state index is 7.30. The number of rotatable bonds is 1. The van der Waals surface area contributed by atoms with Crippen LogP contribution >= 0.6 is 0 Å². The van der Waals surface area contributed by atoms with Crippen LogP contribution in [0.15, 0.2) is 192 Å². The fourth-order valence-electron chi connectivity index (χ4n) is 11.7. The van der Waals surface area contributed by atoms with Crippen molar-refractivity contribution < 1.29 is 4.42 Å². The summed E-state index contributed by atoms with van der Waals surface area (Å²) in [7, 11) is 0. The Labute approximate surface area is 344 Å². The van der Waals surface area contributed by atoms with Crippen LogP contribution in [-0.4, -0.2) is 11.3 Å². The molecule has 2 aliphatic rings. The van der Waals surface area contributed by atoms with Gasteiger partial charge in [-0.2, -0.15) is 0 Å². The van der Waals surface area contributed by atoms with E-state index >= 15 is 0 Å². The van der Waals surface area contributed by atoms with Crippen molar-refractivity contribution in [1.29, 1.82) is 0 Å². The van der Waals surface area contributed by atoms with Gasteiger partial charge in [-0.25, -0.2) is 0 Å². The number of hydrogen-bond donors (Lipinski definition) is 0. The Kier molecular flexibility index (Phi) is 5.73. The van der Waals surface area contributed by atoms with Gasteiger partial charge in [0.15, 0.2) is 0 Å². The molecule has 4 heterocycles. The van der Waals surface area contributed by atoms with Crippen LogP contribution in [0.25, 0.3) is 103 Å². The molecule has 0 fully saturated rings. The van der Waals surface area contributed by atoms with Gasteiger partial charge in [-0.05, 0) is 101 Å². The van der Waals surface area contributed by atoms with Crippen molar-refractivity contribution in [1.82, 2.24) is 4.57 Å². The van der Waals surface area contributed by atoms with E-state index in [4.69, 9.17) is 4.42 Å². The number of para-hydroxylation sites is 2. The SMILES string of the molecule is c1cc2c3c(c1)-n1c4ccccc4c4c5c6ccccc6c6ccccc6c5cc(c41)B3c1oc3ccccc3c1N2c1cccc2c3ccccc3c3ccccc3c12. The zero-order chi connectivity index (χ0) is 38.8. The van der Waals surface area contributed by atoms with Gasteiger partial charge in [0.1, 0.15) is 5.58 Å². The zero-order valence-corrected chi connectivity index (χ0v) is 32.3. The first-order valence-electron chi connectivity index (χ1n) is 20.9. The van der Waals surface area contributed by atoms with Crippen LogP contribution in [0.3, 0.4) is 0 Å². The second kappa shape index (κ2) is 11.0. The summed E-state index contributed by atoms with van der Waals surface area (Å²) >= 11 is 0. The minimum absolute atomic E-state index is 0.142. The molecule has 0 aliphatic carbocycles. The van der Waals surface area contributed by atoms with E-state index in [1.165, 1.54) is 109 Å².